The minimum absolute atomic E-state index is 0.0181. The van der Waals surface area contributed by atoms with E-state index < -0.39 is 17.3 Å². The standard InChI is InChI=1S/C20H17ClF3NO3/c1-28-10-11-2-4-13(21)9-15(11)18-14(6-7-26)19(27)25-17-5-3-12(8-16(17)18)20(22,23)24/h2-5,8-9,26H,6-7,10H2,1H3,(H,25,27). The molecule has 0 saturated carbocycles. The van der Waals surface area contributed by atoms with Crippen molar-refractivity contribution in [3.05, 3.63) is 68.5 Å². The third kappa shape index (κ3) is 3.92. The van der Waals surface area contributed by atoms with E-state index in [0.717, 1.165) is 12.1 Å². The van der Waals surface area contributed by atoms with Crippen molar-refractivity contribution in [1.82, 2.24) is 4.98 Å². The number of pyridine rings is 1. The Balaban J connectivity index is 2.46. The number of hydrogen-bond donors (Lipinski definition) is 2. The first-order valence-electron chi connectivity index (χ1n) is 8.41. The van der Waals surface area contributed by atoms with Gasteiger partial charge in [-0.05, 0) is 41.5 Å². The first-order valence-corrected chi connectivity index (χ1v) is 8.78. The first-order chi connectivity index (χ1) is 13.3. The molecule has 0 saturated heterocycles. The lowest BCUT2D eigenvalue weighted by Gasteiger charge is -2.17. The van der Waals surface area contributed by atoms with E-state index in [2.05, 4.69) is 4.98 Å². The topological polar surface area (TPSA) is 62.3 Å². The molecule has 2 aromatic carbocycles. The predicted octanol–water partition coefficient (Wildman–Crippen LogP) is 4.55. The summed E-state index contributed by atoms with van der Waals surface area (Å²) >= 11 is 6.13. The second-order valence-electron chi connectivity index (χ2n) is 6.27. The van der Waals surface area contributed by atoms with Crippen molar-refractivity contribution in [2.75, 3.05) is 13.7 Å². The maximum absolute atomic E-state index is 13.3. The number of alkyl halides is 3. The summed E-state index contributed by atoms with van der Waals surface area (Å²) in [6.45, 7) is -0.154. The number of fused-ring (bicyclic) bond motifs is 1. The largest absolute Gasteiger partial charge is 0.416 e. The summed E-state index contributed by atoms with van der Waals surface area (Å²) in [7, 11) is 1.49. The van der Waals surface area contributed by atoms with Gasteiger partial charge in [-0.2, -0.15) is 13.2 Å². The molecule has 0 bridgehead atoms. The Bertz CT molecular complexity index is 1080. The SMILES string of the molecule is COCc1ccc(Cl)cc1-c1c(CCO)c(=O)[nH]c2ccc(C(F)(F)F)cc12. The number of methoxy groups -OCH3 is 1. The zero-order valence-electron chi connectivity index (χ0n) is 14.9. The maximum Gasteiger partial charge on any atom is 0.416 e. The number of benzene rings is 2. The number of ether oxygens (including phenoxy) is 1. The van der Waals surface area contributed by atoms with Crippen molar-refractivity contribution in [3.8, 4) is 11.1 Å². The van der Waals surface area contributed by atoms with Crippen LogP contribution in [-0.4, -0.2) is 23.8 Å². The van der Waals surface area contributed by atoms with Crippen LogP contribution in [0.2, 0.25) is 5.02 Å². The molecule has 1 aromatic heterocycles. The molecule has 0 fully saturated rings. The normalized spacial score (nSPS) is 11.9. The Kier molecular flexibility index (Phi) is 5.79. The first kappa shape index (κ1) is 20.4. The average molecular weight is 412 g/mol. The second-order valence-corrected chi connectivity index (χ2v) is 6.71. The van der Waals surface area contributed by atoms with Gasteiger partial charge in [0.1, 0.15) is 0 Å². The minimum Gasteiger partial charge on any atom is -0.396 e. The smallest absolute Gasteiger partial charge is 0.396 e. The molecule has 2 N–H and O–H groups in total. The van der Waals surface area contributed by atoms with E-state index in [-0.39, 0.29) is 36.1 Å². The minimum atomic E-state index is -4.54. The second kappa shape index (κ2) is 7.95. The van der Waals surface area contributed by atoms with Crippen LogP contribution >= 0.6 is 11.6 Å². The number of hydrogen-bond acceptors (Lipinski definition) is 3. The van der Waals surface area contributed by atoms with Crippen LogP contribution in [0.3, 0.4) is 0 Å². The van der Waals surface area contributed by atoms with Gasteiger partial charge in [0.2, 0.25) is 0 Å². The van der Waals surface area contributed by atoms with Gasteiger partial charge in [0.05, 0.1) is 12.2 Å². The van der Waals surface area contributed by atoms with E-state index in [4.69, 9.17) is 16.3 Å². The fraction of sp³-hybridized carbons (Fsp3) is 0.250. The number of aromatic amines is 1. The molecule has 0 aliphatic carbocycles. The molecule has 0 radical (unpaired) electrons. The molecule has 8 heteroatoms. The van der Waals surface area contributed by atoms with Crippen molar-refractivity contribution in [2.24, 2.45) is 0 Å². The molecule has 3 rings (SSSR count). The van der Waals surface area contributed by atoms with Crippen molar-refractivity contribution < 1.29 is 23.0 Å². The number of rotatable bonds is 5. The zero-order chi connectivity index (χ0) is 20.5. The number of aliphatic hydroxyl groups excluding tert-OH is 1. The molecule has 3 aromatic rings. The molecule has 0 spiro atoms. The van der Waals surface area contributed by atoms with Gasteiger partial charge in [-0.25, -0.2) is 0 Å². The molecule has 1 heterocycles. The monoisotopic (exact) mass is 411 g/mol. The fourth-order valence-electron chi connectivity index (χ4n) is 3.23. The van der Waals surface area contributed by atoms with Gasteiger partial charge in [0.15, 0.2) is 0 Å². The Morgan fingerprint density at radius 2 is 1.93 bits per heavy atom. The van der Waals surface area contributed by atoms with E-state index in [9.17, 15) is 23.1 Å². The van der Waals surface area contributed by atoms with Gasteiger partial charge < -0.3 is 14.8 Å². The predicted molar refractivity (Wildman–Crippen MR) is 102 cm³/mol. The third-order valence-corrected chi connectivity index (χ3v) is 4.68. The maximum atomic E-state index is 13.3. The van der Waals surface area contributed by atoms with Crippen molar-refractivity contribution in [1.29, 1.82) is 0 Å². The Labute approximate surface area is 163 Å². The summed E-state index contributed by atoms with van der Waals surface area (Å²) in [6, 6.07) is 8.07. The van der Waals surface area contributed by atoms with Crippen LogP contribution in [0.4, 0.5) is 13.2 Å². The number of nitrogens with one attached hydrogen (secondary N) is 1. The summed E-state index contributed by atoms with van der Waals surface area (Å²) < 4.78 is 45.1. The quantitative estimate of drug-likeness (QED) is 0.647. The van der Waals surface area contributed by atoms with E-state index in [1.165, 1.54) is 13.2 Å². The number of aromatic nitrogens is 1. The Hall–Kier alpha value is -2.35. The van der Waals surface area contributed by atoms with Crippen LogP contribution in [-0.2, 0) is 23.9 Å². The lowest BCUT2D eigenvalue weighted by atomic mass is 9.91. The summed E-state index contributed by atoms with van der Waals surface area (Å²) in [5.74, 6) is 0. The van der Waals surface area contributed by atoms with Gasteiger partial charge in [-0.1, -0.05) is 17.7 Å². The van der Waals surface area contributed by atoms with Crippen LogP contribution in [0, 0.1) is 0 Å². The van der Waals surface area contributed by atoms with Crippen LogP contribution in [0.5, 0.6) is 0 Å². The highest BCUT2D eigenvalue weighted by atomic mass is 35.5. The molecule has 0 amide bonds. The molecule has 0 aliphatic rings. The number of aliphatic hydroxyl groups is 1. The molecule has 0 unspecified atom stereocenters. The molecule has 0 atom stereocenters. The highest BCUT2D eigenvalue weighted by Gasteiger charge is 2.31. The van der Waals surface area contributed by atoms with Gasteiger partial charge >= 0.3 is 6.18 Å². The molecule has 28 heavy (non-hydrogen) atoms. The molecule has 0 aliphatic heterocycles. The van der Waals surface area contributed by atoms with E-state index in [0.29, 0.717) is 21.7 Å². The van der Waals surface area contributed by atoms with Gasteiger partial charge in [-0.3, -0.25) is 4.79 Å². The number of halogens is 4. The highest BCUT2D eigenvalue weighted by Crippen LogP contribution is 2.37. The van der Waals surface area contributed by atoms with E-state index >= 15 is 0 Å². The van der Waals surface area contributed by atoms with E-state index in [1.54, 1.807) is 18.2 Å². The molecule has 4 nitrogen and oxygen atoms in total. The van der Waals surface area contributed by atoms with Crippen LogP contribution in [0.15, 0.2) is 41.2 Å². The average Bonchev–Trinajstić information content (AvgIpc) is 2.63. The Morgan fingerprint density at radius 3 is 2.57 bits per heavy atom. The third-order valence-electron chi connectivity index (χ3n) is 4.44. The zero-order valence-corrected chi connectivity index (χ0v) is 15.6. The summed E-state index contributed by atoms with van der Waals surface area (Å²) in [4.78, 5) is 15.2. The molecular formula is C20H17ClF3NO3. The summed E-state index contributed by atoms with van der Waals surface area (Å²) in [5.41, 5.74) is 0.613. The van der Waals surface area contributed by atoms with Gasteiger partial charge in [0.25, 0.3) is 5.56 Å². The van der Waals surface area contributed by atoms with Crippen LogP contribution in [0.25, 0.3) is 22.0 Å². The lowest BCUT2D eigenvalue weighted by Crippen LogP contribution is -2.17. The summed E-state index contributed by atoms with van der Waals surface area (Å²) in [5, 5.41) is 10.0. The number of H-pyrrole nitrogens is 1. The fourth-order valence-corrected chi connectivity index (χ4v) is 3.40. The van der Waals surface area contributed by atoms with E-state index in [1.807, 2.05) is 0 Å². The highest BCUT2D eigenvalue weighted by molar-refractivity contribution is 6.31. The Morgan fingerprint density at radius 1 is 1.18 bits per heavy atom. The molecular weight excluding hydrogens is 395 g/mol. The molecule has 148 valence electrons. The summed E-state index contributed by atoms with van der Waals surface area (Å²) in [6.07, 6.45) is -4.56. The van der Waals surface area contributed by atoms with Crippen molar-refractivity contribution in [2.45, 2.75) is 19.2 Å². The van der Waals surface area contributed by atoms with Crippen molar-refractivity contribution in [3.63, 3.8) is 0 Å². The lowest BCUT2D eigenvalue weighted by molar-refractivity contribution is -0.137. The van der Waals surface area contributed by atoms with Crippen molar-refractivity contribution >= 4 is 22.5 Å². The van der Waals surface area contributed by atoms with Crippen LogP contribution < -0.4 is 5.56 Å². The van der Waals surface area contributed by atoms with Gasteiger partial charge in [-0.15, -0.1) is 0 Å². The van der Waals surface area contributed by atoms with Crippen LogP contribution in [0.1, 0.15) is 16.7 Å². The van der Waals surface area contributed by atoms with Gasteiger partial charge in [0, 0.05) is 47.2 Å².